The van der Waals surface area contributed by atoms with E-state index in [2.05, 4.69) is 17.1 Å². The first-order valence-corrected chi connectivity index (χ1v) is 11.5. The number of sulfonamides is 1. The predicted molar refractivity (Wildman–Crippen MR) is 112 cm³/mol. The van der Waals surface area contributed by atoms with Crippen molar-refractivity contribution in [1.82, 2.24) is 13.9 Å². The first kappa shape index (κ1) is 21.5. The van der Waals surface area contributed by atoms with Gasteiger partial charge in [-0.3, -0.25) is 4.79 Å². The Morgan fingerprint density at radius 2 is 2.10 bits per heavy atom. The molecule has 0 amide bonds. The zero-order valence-corrected chi connectivity index (χ0v) is 18.1. The number of hydrogen-bond donors (Lipinski definition) is 0. The van der Waals surface area contributed by atoms with Crippen molar-refractivity contribution in [2.24, 2.45) is 5.92 Å². The monoisotopic (exact) mass is 419 g/mol. The van der Waals surface area contributed by atoms with E-state index in [0.717, 1.165) is 30.6 Å². The van der Waals surface area contributed by atoms with Crippen LogP contribution in [0.1, 0.15) is 38.4 Å². The van der Waals surface area contributed by atoms with E-state index in [0.29, 0.717) is 31.0 Å². The van der Waals surface area contributed by atoms with Crippen LogP contribution in [0.3, 0.4) is 0 Å². The number of ether oxygens (including phenoxy) is 1. The number of hydrogen-bond acceptors (Lipinski definition) is 5. The lowest BCUT2D eigenvalue weighted by Crippen LogP contribution is -2.22. The molecule has 7 nitrogen and oxygen atoms in total. The molecule has 0 N–H and O–H groups in total. The number of imidazole rings is 1. The van der Waals surface area contributed by atoms with Crippen molar-refractivity contribution in [1.29, 1.82) is 0 Å². The zero-order valence-electron chi connectivity index (χ0n) is 17.3. The largest absolute Gasteiger partial charge is 0.465 e. The minimum Gasteiger partial charge on any atom is -0.465 e. The molecule has 1 heterocycles. The van der Waals surface area contributed by atoms with Crippen molar-refractivity contribution in [2.75, 3.05) is 20.7 Å². The van der Waals surface area contributed by atoms with E-state index < -0.39 is 10.0 Å². The fourth-order valence-corrected chi connectivity index (χ4v) is 4.50. The van der Waals surface area contributed by atoms with Gasteiger partial charge in [0.1, 0.15) is 5.82 Å². The second-order valence-corrected chi connectivity index (χ2v) is 9.70. The summed E-state index contributed by atoms with van der Waals surface area (Å²) >= 11 is 0. The molecule has 1 unspecified atom stereocenters. The summed E-state index contributed by atoms with van der Waals surface area (Å²) in [5.74, 6) is 0.964. The Morgan fingerprint density at radius 3 is 2.76 bits per heavy atom. The highest BCUT2D eigenvalue weighted by Gasteiger charge is 2.20. The summed E-state index contributed by atoms with van der Waals surface area (Å²) in [7, 11) is -0.508. The number of fused-ring (bicyclic) bond motifs is 1. The average Bonchev–Trinajstić information content (AvgIpc) is 3.08. The van der Waals surface area contributed by atoms with Gasteiger partial charge in [-0.15, -0.1) is 0 Å². The van der Waals surface area contributed by atoms with Crippen LogP contribution in [0.4, 0.5) is 0 Å². The molecule has 1 aromatic carbocycles. The summed E-state index contributed by atoms with van der Waals surface area (Å²) in [6.45, 7) is 3.16. The van der Waals surface area contributed by atoms with Crippen molar-refractivity contribution < 1.29 is 17.9 Å². The molecule has 1 aromatic heterocycles. The maximum Gasteiger partial charge on any atom is 0.306 e. The summed E-state index contributed by atoms with van der Waals surface area (Å²) in [6, 6.07) is 4.97. The van der Waals surface area contributed by atoms with Crippen molar-refractivity contribution in [3.05, 3.63) is 36.2 Å². The molecule has 0 saturated carbocycles. The van der Waals surface area contributed by atoms with E-state index in [1.54, 1.807) is 18.2 Å². The number of aromatic nitrogens is 2. The van der Waals surface area contributed by atoms with E-state index in [-0.39, 0.29) is 17.3 Å². The zero-order chi connectivity index (χ0) is 21.0. The third-order valence-corrected chi connectivity index (χ3v) is 7.12. The van der Waals surface area contributed by atoms with Crippen molar-refractivity contribution in [3.8, 4) is 0 Å². The van der Waals surface area contributed by atoms with E-state index >= 15 is 0 Å². The Hall–Kier alpha value is -2.19. The smallest absolute Gasteiger partial charge is 0.306 e. The number of benzene rings is 1. The number of rotatable bonds is 8. The summed E-state index contributed by atoms with van der Waals surface area (Å²) in [6.07, 6.45) is 8.12. The highest BCUT2D eigenvalue weighted by Crippen LogP contribution is 2.23. The Morgan fingerprint density at radius 1 is 1.31 bits per heavy atom. The molecule has 0 aliphatic heterocycles. The lowest BCUT2D eigenvalue weighted by Gasteiger charge is -2.17. The van der Waals surface area contributed by atoms with Gasteiger partial charge in [0.2, 0.25) is 10.0 Å². The van der Waals surface area contributed by atoms with Crippen LogP contribution in [0.25, 0.3) is 11.0 Å². The molecule has 158 valence electrons. The molecule has 0 radical (unpaired) electrons. The fraction of sp³-hybridized carbons (Fsp3) is 0.524. The predicted octanol–water partition coefficient (Wildman–Crippen LogP) is 3.14. The number of carbonyl (C=O) groups excluding carboxylic acids is 1. The summed E-state index contributed by atoms with van der Waals surface area (Å²) < 4.78 is 33.4. The van der Waals surface area contributed by atoms with Gasteiger partial charge in [-0.1, -0.05) is 12.2 Å². The number of allylic oxidation sites excluding steroid dienone is 2. The average molecular weight is 420 g/mol. The van der Waals surface area contributed by atoms with Gasteiger partial charge >= 0.3 is 5.97 Å². The third-order valence-electron chi connectivity index (χ3n) is 5.30. The summed E-state index contributed by atoms with van der Waals surface area (Å²) in [5, 5.41) is 0. The normalized spacial score (nSPS) is 17.2. The van der Waals surface area contributed by atoms with Gasteiger partial charge in [-0.05, 0) is 50.3 Å². The first-order chi connectivity index (χ1) is 13.8. The topological polar surface area (TPSA) is 81.5 Å². The second kappa shape index (κ2) is 9.09. The quantitative estimate of drug-likeness (QED) is 0.485. The second-order valence-electron chi connectivity index (χ2n) is 7.54. The molecule has 29 heavy (non-hydrogen) atoms. The molecule has 1 aliphatic carbocycles. The van der Waals surface area contributed by atoms with Crippen LogP contribution in [0.15, 0.2) is 35.2 Å². The maximum absolute atomic E-state index is 12.4. The number of esters is 1. The molecule has 8 heteroatoms. The van der Waals surface area contributed by atoms with E-state index in [1.165, 1.54) is 18.4 Å². The van der Waals surface area contributed by atoms with Gasteiger partial charge in [-0.2, -0.15) is 0 Å². The van der Waals surface area contributed by atoms with Gasteiger partial charge in [0.15, 0.2) is 0 Å². The molecule has 0 spiro atoms. The van der Waals surface area contributed by atoms with Gasteiger partial charge in [0.25, 0.3) is 0 Å². The Labute approximate surface area is 172 Å². The summed E-state index contributed by atoms with van der Waals surface area (Å²) in [4.78, 5) is 17.0. The maximum atomic E-state index is 12.4. The van der Waals surface area contributed by atoms with Crippen LogP contribution in [0.5, 0.6) is 0 Å². The Balaban J connectivity index is 1.70. The lowest BCUT2D eigenvalue weighted by atomic mass is 9.95. The first-order valence-electron chi connectivity index (χ1n) is 10.0. The molecule has 0 bridgehead atoms. The van der Waals surface area contributed by atoms with Crippen LogP contribution >= 0.6 is 0 Å². The molecular formula is C21H29N3O4S. The van der Waals surface area contributed by atoms with Crippen LogP contribution in [-0.2, 0) is 32.5 Å². The van der Waals surface area contributed by atoms with Gasteiger partial charge in [-0.25, -0.2) is 17.7 Å². The molecule has 0 saturated heterocycles. The van der Waals surface area contributed by atoms with E-state index in [1.807, 2.05) is 11.5 Å². The molecule has 1 atom stereocenters. The highest BCUT2D eigenvalue weighted by atomic mass is 32.2. The Kier molecular flexibility index (Phi) is 6.74. The van der Waals surface area contributed by atoms with Crippen LogP contribution < -0.4 is 0 Å². The molecule has 3 rings (SSSR count). The number of aryl methyl sites for hydroxylation is 2. The SMILES string of the molecule is CCn1c(CCC(=O)OCC2CC=CCC2)nc2cc(S(=O)(=O)N(C)C)ccc21. The Bertz CT molecular complexity index is 1010. The molecule has 2 aromatic rings. The molecular weight excluding hydrogens is 390 g/mol. The number of nitrogens with zero attached hydrogens (tertiary/aromatic N) is 3. The van der Waals surface area contributed by atoms with Crippen LogP contribution in [0, 0.1) is 5.92 Å². The summed E-state index contributed by atoms with van der Waals surface area (Å²) in [5.41, 5.74) is 1.48. The molecule has 0 fully saturated rings. The minimum atomic E-state index is -3.52. The van der Waals surface area contributed by atoms with Crippen LogP contribution in [0.2, 0.25) is 0 Å². The molecule has 1 aliphatic rings. The van der Waals surface area contributed by atoms with E-state index in [4.69, 9.17) is 4.74 Å². The van der Waals surface area contributed by atoms with Crippen LogP contribution in [-0.4, -0.2) is 48.9 Å². The highest BCUT2D eigenvalue weighted by molar-refractivity contribution is 7.89. The minimum absolute atomic E-state index is 0.211. The lowest BCUT2D eigenvalue weighted by molar-refractivity contribution is -0.145. The van der Waals surface area contributed by atoms with Crippen molar-refractivity contribution in [3.63, 3.8) is 0 Å². The fourth-order valence-electron chi connectivity index (χ4n) is 3.58. The van der Waals surface area contributed by atoms with Gasteiger partial charge in [0.05, 0.1) is 29.0 Å². The van der Waals surface area contributed by atoms with Crippen molar-refractivity contribution in [2.45, 2.75) is 50.5 Å². The van der Waals surface area contributed by atoms with Gasteiger partial charge in [0, 0.05) is 27.1 Å². The van der Waals surface area contributed by atoms with Gasteiger partial charge < -0.3 is 9.30 Å². The van der Waals surface area contributed by atoms with Crippen molar-refractivity contribution >= 4 is 27.0 Å². The third kappa shape index (κ3) is 4.87. The standard InChI is InChI=1S/C21H29N3O4S/c1-4-24-19-11-10-17(29(26,27)23(2)3)14-18(19)22-20(24)12-13-21(25)28-15-16-8-6-5-7-9-16/h5-6,10-11,14,16H,4,7-9,12-13,15H2,1-3H3. The number of carbonyl (C=O) groups is 1. The van der Waals surface area contributed by atoms with E-state index in [9.17, 15) is 13.2 Å².